The highest BCUT2D eigenvalue weighted by molar-refractivity contribution is 6.05. The van der Waals surface area contributed by atoms with Gasteiger partial charge in [0, 0.05) is 37.5 Å². The van der Waals surface area contributed by atoms with Crippen LogP contribution in [-0.2, 0) is 0 Å². The molecule has 0 heterocycles. The minimum Gasteiger partial charge on any atom is -0.378 e. The number of nitrogens with one attached hydrogen (secondary N) is 1. The summed E-state index contributed by atoms with van der Waals surface area (Å²) in [5.41, 5.74) is 0.623. The molecule has 22 heavy (non-hydrogen) atoms. The SMILES string of the molecule is CN(C)c1cccc(C(=O)Nc2cc([N+](=O)[O-])ccc2F)c1. The van der Waals surface area contributed by atoms with Crippen LogP contribution in [0.4, 0.5) is 21.5 Å². The standard InChI is InChI=1S/C15H14FN3O3/c1-18(2)11-5-3-4-10(8-11)15(20)17-14-9-12(19(21)22)6-7-13(14)16/h3-9H,1-2H3,(H,17,20). The lowest BCUT2D eigenvalue weighted by molar-refractivity contribution is -0.384. The van der Waals surface area contributed by atoms with Crippen molar-refractivity contribution < 1.29 is 14.1 Å². The van der Waals surface area contributed by atoms with E-state index < -0.39 is 16.6 Å². The number of nitro benzene ring substituents is 1. The second-order valence-electron chi connectivity index (χ2n) is 4.82. The first-order valence-electron chi connectivity index (χ1n) is 6.41. The zero-order valence-corrected chi connectivity index (χ0v) is 12.0. The van der Waals surface area contributed by atoms with Crippen LogP contribution in [0.3, 0.4) is 0 Å². The van der Waals surface area contributed by atoms with Gasteiger partial charge in [-0.05, 0) is 24.3 Å². The lowest BCUT2D eigenvalue weighted by Gasteiger charge is -2.13. The van der Waals surface area contributed by atoms with Gasteiger partial charge >= 0.3 is 0 Å². The van der Waals surface area contributed by atoms with Crippen LogP contribution in [0.5, 0.6) is 0 Å². The number of non-ortho nitro benzene ring substituents is 1. The summed E-state index contributed by atoms with van der Waals surface area (Å²) < 4.78 is 13.7. The number of nitrogens with zero attached hydrogens (tertiary/aromatic N) is 2. The van der Waals surface area contributed by atoms with Gasteiger partial charge in [-0.15, -0.1) is 0 Å². The van der Waals surface area contributed by atoms with Crippen molar-refractivity contribution in [1.29, 1.82) is 0 Å². The van der Waals surface area contributed by atoms with Crippen molar-refractivity contribution in [3.63, 3.8) is 0 Å². The van der Waals surface area contributed by atoms with Gasteiger partial charge in [-0.2, -0.15) is 0 Å². The second-order valence-corrected chi connectivity index (χ2v) is 4.82. The fraction of sp³-hybridized carbons (Fsp3) is 0.133. The van der Waals surface area contributed by atoms with Crippen molar-refractivity contribution in [3.05, 3.63) is 64.0 Å². The highest BCUT2D eigenvalue weighted by Gasteiger charge is 2.14. The summed E-state index contributed by atoms with van der Waals surface area (Å²) >= 11 is 0. The number of hydrogen-bond acceptors (Lipinski definition) is 4. The topological polar surface area (TPSA) is 75.5 Å². The first-order valence-corrected chi connectivity index (χ1v) is 6.41. The molecule has 0 spiro atoms. The minimum atomic E-state index is -0.734. The maximum absolute atomic E-state index is 13.7. The minimum absolute atomic E-state index is 0.227. The number of amides is 1. The summed E-state index contributed by atoms with van der Waals surface area (Å²) in [5.74, 6) is -1.27. The lowest BCUT2D eigenvalue weighted by atomic mass is 10.1. The molecule has 2 aromatic carbocycles. The number of carbonyl (C=O) groups is 1. The molecule has 0 unspecified atom stereocenters. The van der Waals surface area contributed by atoms with Crippen molar-refractivity contribution in [3.8, 4) is 0 Å². The van der Waals surface area contributed by atoms with Gasteiger partial charge in [-0.1, -0.05) is 6.07 Å². The van der Waals surface area contributed by atoms with Gasteiger partial charge in [-0.3, -0.25) is 14.9 Å². The normalized spacial score (nSPS) is 10.1. The molecular formula is C15H14FN3O3. The Kier molecular flexibility index (Phi) is 4.36. The maximum atomic E-state index is 13.7. The molecule has 2 aromatic rings. The number of nitro groups is 1. The zero-order valence-electron chi connectivity index (χ0n) is 12.0. The molecule has 1 amide bonds. The van der Waals surface area contributed by atoms with Crippen LogP contribution < -0.4 is 10.2 Å². The highest BCUT2D eigenvalue weighted by atomic mass is 19.1. The first kappa shape index (κ1) is 15.4. The fourth-order valence-electron chi connectivity index (χ4n) is 1.84. The molecule has 0 aliphatic carbocycles. The number of benzene rings is 2. The van der Waals surface area contributed by atoms with E-state index in [4.69, 9.17) is 0 Å². The summed E-state index contributed by atoms with van der Waals surface area (Å²) in [5, 5.41) is 13.1. The fourth-order valence-corrected chi connectivity index (χ4v) is 1.84. The van der Waals surface area contributed by atoms with E-state index in [1.165, 1.54) is 0 Å². The Bertz CT molecular complexity index is 732. The number of rotatable bonds is 4. The predicted molar refractivity (Wildman–Crippen MR) is 81.8 cm³/mol. The van der Waals surface area contributed by atoms with Crippen LogP contribution in [0.15, 0.2) is 42.5 Å². The number of hydrogen-bond donors (Lipinski definition) is 1. The Morgan fingerprint density at radius 2 is 1.95 bits per heavy atom. The smallest absolute Gasteiger partial charge is 0.271 e. The van der Waals surface area contributed by atoms with Crippen LogP contribution in [0.1, 0.15) is 10.4 Å². The highest BCUT2D eigenvalue weighted by Crippen LogP contribution is 2.22. The van der Waals surface area contributed by atoms with Gasteiger partial charge < -0.3 is 10.2 Å². The average molecular weight is 303 g/mol. The van der Waals surface area contributed by atoms with Gasteiger partial charge in [0.1, 0.15) is 5.82 Å². The van der Waals surface area contributed by atoms with Crippen molar-refractivity contribution in [1.82, 2.24) is 0 Å². The van der Waals surface area contributed by atoms with Gasteiger partial charge in [0.05, 0.1) is 10.6 Å². The number of anilines is 2. The van der Waals surface area contributed by atoms with E-state index in [9.17, 15) is 19.3 Å². The Balaban J connectivity index is 2.27. The largest absolute Gasteiger partial charge is 0.378 e. The van der Waals surface area contributed by atoms with Crippen LogP contribution in [0.2, 0.25) is 0 Å². The Labute approximate surface area is 126 Å². The molecule has 0 bridgehead atoms. The molecule has 0 radical (unpaired) electrons. The van der Waals surface area contributed by atoms with E-state index in [1.807, 2.05) is 25.1 Å². The molecular weight excluding hydrogens is 289 g/mol. The molecule has 2 rings (SSSR count). The van der Waals surface area contributed by atoms with Crippen molar-refractivity contribution in [2.24, 2.45) is 0 Å². The summed E-state index contributed by atoms with van der Waals surface area (Å²) in [7, 11) is 3.66. The molecule has 0 atom stereocenters. The van der Waals surface area contributed by atoms with E-state index in [0.29, 0.717) is 5.56 Å². The van der Waals surface area contributed by atoms with Gasteiger partial charge in [0.25, 0.3) is 11.6 Å². The Hall–Kier alpha value is -2.96. The van der Waals surface area contributed by atoms with E-state index in [2.05, 4.69) is 5.32 Å². The van der Waals surface area contributed by atoms with Crippen molar-refractivity contribution in [2.45, 2.75) is 0 Å². The molecule has 0 saturated heterocycles. The zero-order chi connectivity index (χ0) is 16.3. The molecule has 0 aliphatic rings. The average Bonchev–Trinajstić information content (AvgIpc) is 2.49. The van der Waals surface area contributed by atoms with E-state index >= 15 is 0 Å². The first-order chi connectivity index (χ1) is 10.4. The molecule has 114 valence electrons. The summed E-state index contributed by atoms with van der Waals surface area (Å²) in [6.07, 6.45) is 0. The predicted octanol–water partition coefficient (Wildman–Crippen LogP) is 3.05. The summed E-state index contributed by atoms with van der Waals surface area (Å²) in [6.45, 7) is 0. The summed E-state index contributed by atoms with van der Waals surface area (Å²) in [4.78, 5) is 24.0. The van der Waals surface area contributed by atoms with Gasteiger partial charge in [0.15, 0.2) is 0 Å². The number of carbonyl (C=O) groups excluding carboxylic acids is 1. The third-order valence-electron chi connectivity index (χ3n) is 3.03. The lowest BCUT2D eigenvalue weighted by Crippen LogP contribution is -2.15. The molecule has 7 heteroatoms. The summed E-state index contributed by atoms with van der Waals surface area (Å²) in [6, 6.07) is 9.73. The van der Waals surface area contributed by atoms with E-state index in [1.54, 1.807) is 18.2 Å². The van der Waals surface area contributed by atoms with Crippen LogP contribution in [-0.4, -0.2) is 24.9 Å². The van der Waals surface area contributed by atoms with Crippen LogP contribution >= 0.6 is 0 Å². The number of halogens is 1. The second kappa shape index (κ2) is 6.21. The monoisotopic (exact) mass is 303 g/mol. The third kappa shape index (κ3) is 3.38. The third-order valence-corrected chi connectivity index (χ3v) is 3.03. The maximum Gasteiger partial charge on any atom is 0.271 e. The molecule has 0 saturated carbocycles. The van der Waals surface area contributed by atoms with Crippen LogP contribution in [0, 0.1) is 15.9 Å². The molecule has 0 aliphatic heterocycles. The molecule has 1 N–H and O–H groups in total. The van der Waals surface area contributed by atoms with Crippen molar-refractivity contribution in [2.75, 3.05) is 24.3 Å². The van der Waals surface area contributed by atoms with Gasteiger partial charge in [0.2, 0.25) is 0 Å². The Morgan fingerprint density at radius 1 is 1.23 bits per heavy atom. The molecule has 0 fully saturated rings. The molecule has 6 nitrogen and oxygen atoms in total. The van der Waals surface area contributed by atoms with Crippen LogP contribution in [0.25, 0.3) is 0 Å². The quantitative estimate of drug-likeness (QED) is 0.695. The molecule has 0 aromatic heterocycles. The Morgan fingerprint density at radius 3 is 2.59 bits per heavy atom. The van der Waals surface area contributed by atoms with E-state index in [0.717, 1.165) is 23.9 Å². The van der Waals surface area contributed by atoms with Crippen molar-refractivity contribution >= 4 is 23.0 Å². The van der Waals surface area contributed by atoms with Gasteiger partial charge in [-0.25, -0.2) is 4.39 Å². The van der Waals surface area contributed by atoms with E-state index in [-0.39, 0.29) is 11.4 Å².